The summed E-state index contributed by atoms with van der Waals surface area (Å²) in [6.07, 6.45) is 5.34. The smallest absolute Gasteiger partial charge is 0.159 e. The van der Waals surface area contributed by atoms with Crippen LogP contribution in [0.3, 0.4) is 0 Å². The van der Waals surface area contributed by atoms with E-state index in [2.05, 4.69) is 10.2 Å². The van der Waals surface area contributed by atoms with E-state index in [0.29, 0.717) is 12.1 Å². The van der Waals surface area contributed by atoms with Gasteiger partial charge >= 0.3 is 0 Å². The predicted molar refractivity (Wildman–Crippen MR) is 64.4 cm³/mol. The van der Waals surface area contributed by atoms with E-state index >= 15 is 0 Å². The first-order valence-corrected chi connectivity index (χ1v) is 5.25. The molecule has 1 aromatic rings. The highest BCUT2D eigenvalue weighted by Crippen LogP contribution is 2.19. The summed E-state index contributed by atoms with van der Waals surface area (Å²) in [6, 6.07) is 7.28. The van der Waals surface area contributed by atoms with Crippen LogP contribution in [0.15, 0.2) is 58.4 Å². The number of hydrogen-bond donors (Lipinski definition) is 0. The van der Waals surface area contributed by atoms with Gasteiger partial charge in [-0.15, -0.1) is 0 Å². The van der Waals surface area contributed by atoms with Gasteiger partial charge < -0.3 is 4.74 Å². The van der Waals surface area contributed by atoms with Crippen LogP contribution >= 0.6 is 0 Å². The fourth-order valence-corrected chi connectivity index (χ4v) is 1.36. The summed E-state index contributed by atoms with van der Waals surface area (Å²) in [7, 11) is 1.62. The standard InChI is InChI=1S/C13H12N2O2/c1-17-13-8-4-11(5-9-13)15-14-10-2-6-12(16)7-3-10/h2-6,8-9H,7H2,1H3. The van der Waals surface area contributed by atoms with Gasteiger partial charge in [-0.3, -0.25) is 4.79 Å². The number of rotatable bonds is 3. The SMILES string of the molecule is COc1ccc(N=NC2=CCC(=O)C=C2)cc1. The highest BCUT2D eigenvalue weighted by atomic mass is 16.5. The first-order chi connectivity index (χ1) is 8.28. The molecule has 1 aliphatic carbocycles. The third-order valence-electron chi connectivity index (χ3n) is 2.31. The highest BCUT2D eigenvalue weighted by Gasteiger charge is 2.01. The lowest BCUT2D eigenvalue weighted by molar-refractivity contribution is -0.113. The number of hydrogen-bond acceptors (Lipinski definition) is 4. The van der Waals surface area contributed by atoms with Crippen molar-refractivity contribution >= 4 is 11.5 Å². The van der Waals surface area contributed by atoms with Crippen LogP contribution in [0.25, 0.3) is 0 Å². The molecule has 0 aliphatic heterocycles. The van der Waals surface area contributed by atoms with Crippen molar-refractivity contribution in [2.24, 2.45) is 10.2 Å². The molecule has 0 unspecified atom stereocenters. The Morgan fingerprint density at radius 2 is 1.88 bits per heavy atom. The van der Waals surface area contributed by atoms with E-state index < -0.39 is 0 Å². The Morgan fingerprint density at radius 1 is 1.12 bits per heavy atom. The number of allylic oxidation sites excluding steroid dienone is 3. The molecule has 17 heavy (non-hydrogen) atoms. The highest BCUT2D eigenvalue weighted by molar-refractivity contribution is 5.92. The van der Waals surface area contributed by atoms with Crippen LogP contribution in [0.2, 0.25) is 0 Å². The lowest BCUT2D eigenvalue weighted by Gasteiger charge is -2.00. The number of nitrogens with zero attached hydrogens (tertiary/aromatic N) is 2. The Bertz CT molecular complexity index is 499. The van der Waals surface area contributed by atoms with Crippen LogP contribution < -0.4 is 4.74 Å². The zero-order chi connectivity index (χ0) is 12.1. The first kappa shape index (κ1) is 11.3. The molecule has 1 aromatic carbocycles. The van der Waals surface area contributed by atoms with Gasteiger partial charge in [0.1, 0.15) is 5.75 Å². The Balaban J connectivity index is 2.05. The van der Waals surface area contributed by atoms with Crippen LogP contribution in [-0.2, 0) is 4.79 Å². The fraction of sp³-hybridized carbons (Fsp3) is 0.154. The van der Waals surface area contributed by atoms with Crippen LogP contribution in [0.5, 0.6) is 5.75 Å². The average Bonchev–Trinajstić information content (AvgIpc) is 2.39. The van der Waals surface area contributed by atoms with Gasteiger partial charge in [0.05, 0.1) is 18.5 Å². The van der Waals surface area contributed by atoms with Crippen molar-refractivity contribution in [3.8, 4) is 5.75 Å². The van der Waals surface area contributed by atoms with Gasteiger partial charge in [0, 0.05) is 6.42 Å². The van der Waals surface area contributed by atoms with Crippen molar-refractivity contribution in [1.82, 2.24) is 0 Å². The molecule has 4 nitrogen and oxygen atoms in total. The number of benzene rings is 1. The summed E-state index contributed by atoms with van der Waals surface area (Å²) in [4.78, 5) is 10.9. The Morgan fingerprint density at radius 3 is 2.47 bits per heavy atom. The Labute approximate surface area is 99.3 Å². The quantitative estimate of drug-likeness (QED) is 0.746. The maximum Gasteiger partial charge on any atom is 0.159 e. The molecule has 0 radical (unpaired) electrons. The number of ketones is 1. The number of carbonyl (C=O) groups is 1. The summed E-state index contributed by atoms with van der Waals surface area (Å²) < 4.78 is 5.04. The largest absolute Gasteiger partial charge is 0.497 e. The van der Waals surface area contributed by atoms with Crippen molar-refractivity contribution in [2.75, 3.05) is 7.11 Å². The van der Waals surface area contributed by atoms with E-state index in [1.54, 1.807) is 19.3 Å². The van der Waals surface area contributed by atoms with E-state index in [1.165, 1.54) is 6.08 Å². The lowest BCUT2D eigenvalue weighted by atomic mass is 10.1. The predicted octanol–water partition coefficient (Wildman–Crippen LogP) is 3.19. The third kappa shape index (κ3) is 3.11. The van der Waals surface area contributed by atoms with Gasteiger partial charge in [-0.1, -0.05) is 0 Å². The molecule has 0 atom stereocenters. The van der Waals surface area contributed by atoms with Gasteiger partial charge in [-0.2, -0.15) is 10.2 Å². The molecule has 0 aromatic heterocycles. The van der Waals surface area contributed by atoms with Crippen LogP contribution in [0.4, 0.5) is 5.69 Å². The van der Waals surface area contributed by atoms with Crippen molar-refractivity contribution < 1.29 is 9.53 Å². The van der Waals surface area contributed by atoms with Gasteiger partial charge in [-0.05, 0) is 42.5 Å². The minimum Gasteiger partial charge on any atom is -0.497 e. The van der Waals surface area contributed by atoms with E-state index in [1.807, 2.05) is 24.3 Å². The van der Waals surface area contributed by atoms with Crippen LogP contribution in [-0.4, -0.2) is 12.9 Å². The maximum absolute atomic E-state index is 10.9. The van der Waals surface area contributed by atoms with Crippen molar-refractivity contribution in [3.63, 3.8) is 0 Å². The van der Waals surface area contributed by atoms with E-state index in [9.17, 15) is 4.79 Å². The molecule has 86 valence electrons. The second kappa shape index (κ2) is 5.21. The second-order valence-corrected chi connectivity index (χ2v) is 3.53. The number of azo groups is 1. The number of ether oxygens (including phenoxy) is 1. The molecule has 0 amide bonds. The van der Waals surface area contributed by atoms with Gasteiger partial charge in [-0.25, -0.2) is 0 Å². The molecule has 0 heterocycles. The number of methoxy groups -OCH3 is 1. The minimum atomic E-state index is 0.0911. The lowest BCUT2D eigenvalue weighted by Crippen LogP contribution is -1.94. The molecule has 0 bridgehead atoms. The summed E-state index contributed by atoms with van der Waals surface area (Å²) in [6.45, 7) is 0. The Kier molecular flexibility index (Phi) is 3.45. The maximum atomic E-state index is 10.9. The van der Waals surface area contributed by atoms with E-state index in [-0.39, 0.29) is 5.78 Å². The molecule has 0 fully saturated rings. The van der Waals surface area contributed by atoms with Crippen LogP contribution in [0, 0.1) is 0 Å². The zero-order valence-corrected chi connectivity index (χ0v) is 9.46. The molecule has 0 saturated heterocycles. The minimum absolute atomic E-state index is 0.0911. The second-order valence-electron chi connectivity index (χ2n) is 3.53. The molecule has 0 spiro atoms. The van der Waals surface area contributed by atoms with E-state index in [4.69, 9.17) is 4.74 Å². The molecular weight excluding hydrogens is 216 g/mol. The molecule has 0 saturated carbocycles. The van der Waals surface area contributed by atoms with Crippen molar-refractivity contribution in [1.29, 1.82) is 0 Å². The van der Waals surface area contributed by atoms with Gasteiger partial charge in [0.2, 0.25) is 0 Å². The average molecular weight is 228 g/mol. The topological polar surface area (TPSA) is 51.0 Å². The van der Waals surface area contributed by atoms with Crippen molar-refractivity contribution in [3.05, 3.63) is 48.2 Å². The Hall–Kier alpha value is -2.23. The first-order valence-electron chi connectivity index (χ1n) is 5.25. The summed E-state index contributed by atoms with van der Waals surface area (Å²) >= 11 is 0. The van der Waals surface area contributed by atoms with Crippen LogP contribution in [0.1, 0.15) is 6.42 Å². The normalized spacial score (nSPS) is 15.1. The van der Waals surface area contributed by atoms with Gasteiger partial charge in [0.25, 0.3) is 0 Å². The van der Waals surface area contributed by atoms with Crippen molar-refractivity contribution in [2.45, 2.75) is 6.42 Å². The monoisotopic (exact) mass is 228 g/mol. The molecular formula is C13H12N2O2. The summed E-state index contributed by atoms with van der Waals surface area (Å²) in [5, 5.41) is 8.12. The third-order valence-corrected chi connectivity index (χ3v) is 2.31. The van der Waals surface area contributed by atoms with E-state index in [0.717, 1.165) is 11.4 Å². The summed E-state index contributed by atoms with van der Waals surface area (Å²) in [5.74, 6) is 0.875. The molecule has 0 N–H and O–H groups in total. The summed E-state index contributed by atoms with van der Waals surface area (Å²) in [5.41, 5.74) is 1.46. The zero-order valence-electron chi connectivity index (χ0n) is 9.46. The fourth-order valence-electron chi connectivity index (χ4n) is 1.36. The molecule has 2 rings (SSSR count). The number of carbonyl (C=O) groups excluding carboxylic acids is 1. The van der Waals surface area contributed by atoms with Gasteiger partial charge in [0.15, 0.2) is 5.78 Å². The molecule has 1 aliphatic rings. The molecule has 4 heteroatoms.